The van der Waals surface area contributed by atoms with Crippen molar-refractivity contribution < 1.29 is 18.7 Å². The first-order valence-corrected chi connectivity index (χ1v) is 12.0. The lowest BCUT2D eigenvalue weighted by atomic mass is 10.2. The fourth-order valence-electron chi connectivity index (χ4n) is 3.25. The van der Waals surface area contributed by atoms with Crippen LogP contribution in [0.3, 0.4) is 0 Å². The molecule has 4 rings (SSSR count). The molecule has 32 heavy (non-hydrogen) atoms. The average Bonchev–Trinajstić information content (AvgIpc) is 3.49. The minimum absolute atomic E-state index is 0.117. The summed E-state index contributed by atoms with van der Waals surface area (Å²) in [6, 6.07) is 11.2. The molecule has 0 saturated heterocycles. The van der Waals surface area contributed by atoms with Crippen molar-refractivity contribution in [3.05, 3.63) is 63.5 Å². The van der Waals surface area contributed by atoms with Crippen LogP contribution in [0.5, 0.6) is 5.75 Å². The monoisotopic (exact) mass is 469 g/mol. The van der Waals surface area contributed by atoms with Gasteiger partial charge in [-0.2, -0.15) is 0 Å². The molecular weight excluding hydrogens is 446 g/mol. The van der Waals surface area contributed by atoms with E-state index >= 15 is 0 Å². The number of rotatable bonds is 9. The average molecular weight is 470 g/mol. The Morgan fingerprint density at radius 3 is 2.81 bits per heavy atom. The number of hydrogen-bond donors (Lipinski definition) is 2. The quantitative estimate of drug-likeness (QED) is 0.362. The summed E-state index contributed by atoms with van der Waals surface area (Å²) in [5.74, 6) is 1.04. The van der Waals surface area contributed by atoms with E-state index in [1.54, 1.807) is 5.38 Å². The van der Waals surface area contributed by atoms with E-state index in [0.29, 0.717) is 40.9 Å². The van der Waals surface area contributed by atoms with E-state index < -0.39 is 0 Å². The molecule has 3 aromatic heterocycles. The Labute approximate surface area is 193 Å². The number of para-hydroxylation sites is 1. The molecule has 2 N–H and O–H groups in total. The smallest absolute Gasteiger partial charge is 0.231 e. The minimum atomic E-state index is -0.312. The standard InChI is InChI=1S/C23H23N3O4S2/c1-3-29-18-8-4-6-15-10-19(30-22(15)18)14(2)24-20(27)11-16-13-32-23(25-16)26-21(28)12-17-7-5-9-31-17/h4-10,13-14H,3,11-12H2,1-2H3,(H,24,27)(H,25,26,28). The van der Waals surface area contributed by atoms with Crippen molar-refractivity contribution in [2.45, 2.75) is 32.7 Å². The molecule has 4 aromatic rings. The zero-order chi connectivity index (χ0) is 22.5. The number of anilines is 1. The van der Waals surface area contributed by atoms with E-state index in [1.165, 1.54) is 22.7 Å². The zero-order valence-electron chi connectivity index (χ0n) is 17.7. The van der Waals surface area contributed by atoms with Crippen molar-refractivity contribution in [1.82, 2.24) is 10.3 Å². The van der Waals surface area contributed by atoms with Gasteiger partial charge < -0.3 is 19.8 Å². The fourth-order valence-corrected chi connectivity index (χ4v) is 4.68. The number of carbonyl (C=O) groups excluding carboxylic acids is 2. The number of hydrogen-bond acceptors (Lipinski definition) is 7. The predicted molar refractivity (Wildman–Crippen MR) is 126 cm³/mol. The van der Waals surface area contributed by atoms with Crippen LogP contribution >= 0.6 is 22.7 Å². The van der Waals surface area contributed by atoms with Gasteiger partial charge in [-0.05, 0) is 37.4 Å². The molecule has 1 unspecified atom stereocenters. The molecule has 1 aromatic carbocycles. The predicted octanol–water partition coefficient (Wildman–Crippen LogP) is 4.95. The number of nitrogens with zero attached hydrogens (tertiary/aromatic N) is 1. The lowest BCUT2D eigenvalue weighted by Gasteiger charge is -2.10. The van der Waals surface area contributed by atoms with Crippen molar-refractivity contribution in [3.8, 4) is 5.75 Å². The van der Waals surface area contributed by atoms with Gasteiger partial charge >= 0.3 is 0 Å². The molecule has 9 heteroatoms. The zero-order valence-corrected chi connectivity index (χ0v) is 19.3. The molecule has 166 valence electrons. The number of thiophene rings is 1. The van der Waals surface area contributed by atoms with E-state index in [1.807, 2.05) is 55.6 Å². The molecular formula is C23H23N3O4S2. The lowest BCUT2D eigenvalue weighted by molar-refractivity contribution is -0.121. The van der Waals surface area contributed by atoms with Gasteiger partial charge in [0.05, 0.1) is 31.2 Å². The van der Waals surface area contributed by atoms with E-state index in [2.05, 4.69) is 15.6 Å². The number of thiazole rings is 1. The first-order chi connectivity index (χ1) is 15.5. The molecule has 0 radical (unpaired) electrons. The van der Waals surface area contributed by atoms with Crippen LogP contribution in [0.25, 0.3) is 11.0 Å². The number of ether oxygens (including phenoxy) is 1. The Morgan fingerprint density at radius 2 is 2.03 bits per heavy atom. The number of furan rings is 1. The molecule has 1 atom stereocenters. The highest BCUT2D eigenvalue weighted by Gasteiger charge is 2.17. The van der Waals surface area contributed by atoms with Crippen molar-refractivity contribution in [3.63, 3.8) is 0 Å². The number of nitrogens with one attached hydrogen (secondary N) is 2. The maximum Gasteiger partial charge on any atom is 0.231 e. The van der Waals surface area contributed by atoms with Crippen LogP contribution in [-0.2, 0) is 22.4 Å². The molecule has 0 fully saturated rings. The van der Waals surface area contributed by atoms with Crippen LogP contribution in [0.2, 0.25) is 0 Å². The second kappa shape index (κ2) is 9.97. The van der Waals surface area contributed by atoms with Crippen molar-refractivity contribution in [2.75, 3.05) is 11.9 Å². The molecule has 0 aliphatic carbocycles. The van der Waals surface area contributed by atoms with Gasteiger partial charge in [0.1, 0.15) is 5.76 Å². The van der Waals surface area contributed by atoms with Gasteiger partial charge in [-0.15, -0.1) is 22.7 Å². The summed E-state index contributed by atoms with van der Waals surface area (Å²) in [6.07, 6.45) is 0.430. The summed E-state index contributed by atoms with van der Waals surface area (Å²) < 4.78 is 11.6. The van der Waals surface area contributed by atoms with Gasteiger partial charge in [-0.25, -0.2) is 4.98 Å². The third-order valence-electron chi connectivity index (χ3n) is 4.69. The SMILES string of the molecule is CCOc1cccc2cc(C(C)NC(=O)Cc3csc(NC(=O)Cc4cccs4)n3)oc12. The summed E-state index contributed by atoms with van der Waals surface area (Å²) in [5.41, 5.74) is 1.28. The number of benzene rings is 1. The number of amides is 2. The van der Waals surface area contributed by atoms with Crippen LogP contribution < -0.4 is 15.4 Å². The second-order valence-corrected chi connectivity index (χ2v) is 9.06. The third kappa shape index (κ3) is 5.35. The Morgan fingerprint density at radius 1 is 1.16 bits per heavy atom. The summed E-state index contributed by atoms with van der Waals surface area (Å²) in [7, 11) is 0. The molecule has 7 nitrogen and oxygen atoms in total. The van der Waals surface area contributed by atoms with Gasteiger partial charge in [0.25, 0.3) is 0 Å². The normalized spacial score (nSPS) is 11.9. The van der Waals surface area contributed by atoms with Gasteiger partial charge in [0, 0.05) is 15.6 Å². The Balaban J connectivity index is 1.33. The van der Waals surface area contributed by atoms with Gasteiger partial charge in [0.2, 0.25) is 11.8 Å². The number of aromatic nitrogens is 1. The largest absolute Gasteiger partial charge is 0.490 e. The summed E-state index contributed by atoms with van der Waals surface area (Å²) in [6.45, 7) is 4.34. The van der Waals surface area contributed by atoms with E-state index in [-0.39, 0.29) is 24.3 Å². The molecule has 0 saturated carbocycles. The highest BCUT2D eigenvalue weighted by molar-refractivity contribution is 7.14. The lowest BCUT2D eigenvalue weighted by Crippen LogP contribution is -2.28. The topological polar surface area (TPSA) is 93.5 Å². The van der Waals surface area contributed by atoms with Crippen LogP contribution in [-0.4, -0.2) is 23.4 Å². The third-order valence-corrected chi connectivity index (χ3v) is 6.37. The van der Waals surface area contributed by atoms with Crippen molar-refractivity contribution in [1.29, 1.82) is 0 Å². The molecule has 0 bridgehead atoms. The minimum Gasteiger partial charge on any atom is -0.490 e. The van der Waals surface area contributed by atoms with Crippen LogP contribution in [0.15, 0.2) is 51.6 Å². The Kier molecular flexibility index (Phi) is 6.87. The number of carbonyl (C=O) groups is 2. The molecule has 0 spiro atoms. The maximum atomic E-state index is 12.5. The number of fused-ring (bicyclic) bond motifs is 1. The van der Waals surface area contributed by atoms with E-state index in [9.17, 15) is 9.59 Å². The highest BCUT2D eigenvalue weighted by atomic mass is 32.1. The van der Waals surface area contributed by atoms with Crippen molar-refractivity contribution >= 4 is 50.6 Å². The maximum absolute atomic E-state index is 12.5. The Bertz CT molecular complexity index is 1210. The van der Waals surface area contributed by atoms with Crippen LogP contribution in [0.1, 0.15) is 36.2 Å². The van der Waals surface area contributed by atoms with E-state index in [0.717, 1.165) is 10.3 Å². The first-order valence-electron chi connectivity index (χ1n) is 10.2. The molecule has 3 heterocycles. The highest BCUT2D eigenvalue weighted by Crippen LogP contribution is 2.31. The summed E-state index contributed by atoms with van der Waals surface area (Å²) in [5, 5.41) is 10.9. The first kappa shape index (κ1) is 22.0. The summed E-state index contributed by atoms with van der Waals surface area (Å²) in [4.78, 5) is 30.0. The molecule has 2 amide bonds. The van der Waals surface area contributed by atoms with Crippen LogP contribution in [0.4, 0.5) is 5.13 Å². The van der Waals surface area contributed by atoms with Gasteiger partial charge in [0.15, 0.2) is 16.5 Å². The molecule has 0 aliphatic heterocycles. The van der Waals surface area contributed by atoms with Crippen LogP contribution in [0, 0.1) is 0 Å². The van der Waals surface area contributed by atoms with E-state index in [4.69, 9.17) is 9.15 Å². The second-order valence-electron chi connectivity index (χ2n) is 7.17. The van der Waals surface area contributed by atoms with Crippen molar-refractivity contribution in [2.24, 2.45) is 0 Å². The molecule has 0 aliphatic rings. The van der Waals surface area contributed by atoms with Gasteiger partial charge in [-0.1, -0.05) is 18.2 Å². The Hall–Kier alpha value is -3.17. The fraction of sp³-hybridized carbons (Fsp3) is 0.261. The van der Waals surface area contributed by atoms with Gasteiger partial charge in [-0.3, -0.25) is 9.59 Å². The summed E-state index contributed by atoms with van der Waals surface area (Å²) >= 11 is 2.84.